The van der Waals surface area contributed by atoms with Crippen molar-refractivity contribution in [2.75, 3.05) is 32.8 Å². The van der Waals surface area contributed by atoms with Gasteiger partial charge in [0.2, 0.25) is 0 Å². The van der Waals surface area contributed by atoms with Crippen LogP contribution in [-0.4, -0.2) is 43.8 Å². The highest BCUT2D eigenvalue weighted by atomic mass is 16.5. The monoisotopic (exact) mass is 288 g/mol. The Kier molecular flexibility index (Phi) is 5.28. The van der Waals surface area contributed by atoms with Gasteiger partial charge in [0.05, 0.1) is 6.61 Å². The minimum absolute atomic E-state index is 0.480. The lowest BCUT2D eigenvalue weighted by Crippen LogP contribution is -2.48. The van der Waals surface area contributed by atoms with E-state index in [1.807, 2.05) is 0 Å². The van der Waals surface area contributed by atoms with Gasteiger partial charge in [0, 0.05) is 31.8 Å². The summed E-state index contributed by atoms with van der Waals surface area (Å²) in [5.41, 5.74) is 3.06. The fraction of sp³-hybridized carbons (Fsp3) is 0.667. The van der Waals surface area contributed by atoms with Crippen LogP contribution in [0, 0.1) is 0 Å². The minimum Gasteiger partial charge on any atom is -0.380 e. The van der Waals surface area contributed by atoms with Crippen molar-refractivity contribution < 1.29 is 4.74 Å². The predicted octanol–water partition coefficient (Wildman–Crippen LogP) is 2.76. The number of fused-ring (bicyclic) bond motifs is 1. The summed E-state index contributed by atoms with van der Waals surface area (Å²) in [5.74, 6) is 0. The van der Waals surface area contributed by atoms with Gasteiger partial charge in [0.15, 0.2) is 0 Å². The average molecular weight is 288 g/mol. The largest absolute Gasteiger partial charge is 0.380 e. The van der Waals surface area contributed by atoms with Crippen molar-refractivity contribution in [1.29, 1.82) is 0 Å². The van der Waals surface area contributed by atoms with Crippen molar-refractivity contribution in [2.24, 2.45) is 0 Å². The number of hydrogen-bond donors (Lipinski definition) is 1. The van der Waals surface area contributed by atoms with E-state index in [2.05, 4.69) is 41.4 Å². The van der Waals surface area contributed by atoms with Crippen molar-refractivity contribution in [3.63, 3.8) is 0 Å². The highest BCUT2D eigenvalue weighted by molar-refractivity contribution is 5.34. The third-order valence-electron chi connectivity index (χ3n) is 4.82. The van der Waals surface area contributed by atoms with Crippen LogP contribution in [0.25, 0.3) is 0 Å². The van der Waals surface area contributed by atoms with E-state index in [1.54, 1.807) is 0 Å². The number of aryl methyl sites for hydroxylation is 1. The van der Waals surface area contributed by atoms with E-state index in [-0.39, 0.29) is 0 Å². The number of hydrogen-bond acceptors (Lipinski definition) is 3. The van der Waals surface area contributed by atoms with E-state index in [0.29, 0.717) is 12.1 Å². The molecule has 1 aromatic rings. The SMILES string of the molecule is CCCNC1c2ccccc2CCC1N1CCCOCC1. The highest BCUT2D eigenvalue weighted by Gasteiger charge is 2.33. The number of nitrogens with zero attached hydrogens (tertiary/aromatic N) is 1. The average Bonchev–Trinajstić information content (AvgIpc) is 2.81. The first kappa shape index (κ1) is 15.0. The Morgan fingerprint density at radius 3 is 3.05 bits per heavy atom. The molecule has 0 amide bonds. The molecular formula is C18H28N2O. The van der Waals surface area contributed by atoms with Gasteiger partial charge >= 0.3 is 0 Å². The van der Waals surface area contributed by atoms with Crippen LogP contribution in [0.15, 0.2) is 24.3 Å². The molecule has 0 spiro atoms. The quantitative estimate of drug-likeness (QED) is 0.922. The highest BCUT2D eigenvalue weighted by Crippen LogP contribution is 2.33. The molecule has 0 aromatic heterocycles. The van der Waals surface area contributed by atoms with Crippen LogP contribution in [-0.2, 0) is 11.2 Å². The van der Waals surface area contributed by atoms with E-state index in [9.17, 15) is 0 Å². The lowest BCUT2D eigenvalue weighted by Gasteiger charge is -2.41. The van der Waals surface area contributed by atoms with Crippen LogP contribution < -0.4 is 5.32 Å². The summed E-state index contributed by atoms with van der Waals surface area (Å²) in [6, 6.07) is 10.1. The molecule has 0 bridgehead atoms. The van der Waals surface area contributed by atoms with Crippen LogP contribution in [0.2, 0.25) is 0 Å². The summed E-state index contributed by atoms with van der Waals surface area (Å²) in [6.07, 6.45) is 4.83. The molecule has 1 aliphatic carbocycles. The number of nitrogens with one attached hydrogen (secondary N) is 1. The summed E-state index contributed by atoms with van der Waals surface area (Å²) in [4.78, 5) is 2.66. The van der Waals surface area contributed by atoms with Gasteiger partial charge in [-0.1, -0.05) is 31.2 Å². The van der Waals surface area contributed by atoms with Gasteiger partial charge in [-0.25, -0.2) is 0 Å². The molecule has 1 aromatic carbocycles. The molecule has 1 N–H and O–H groups in total. The Labute approximate surface area is 128 Å². The molecule has 21 heavy (non-hydrogen) atoms. The number of rotatable bonds is 4. The molecule has 0 saturated carbocycles. The standard InChI is InChI=1S/C18H28N2O/c1-2-10-19-18-16-7-4-3-6-15(16)8-9-17(18)20-11-5-13-21-14-12-20/h3-4,6-7,17-19H,2,5,8-14H2,1H3. The fourth-order valence-corrected chi connectivity index (χ4v) is 3.78. The third kappa shape index (κ3) is 3.47. The van der Waals surface area contributed by atoms with E-state index >= 15 is 0 Å². The Morgan fingerprint density at radius 1 is 1.24 bits per heavy atom. The molecular weight excluding hydrogens is 260 g/mol. The second-order valence-electron chi connectivity index (χ2n) is 6.24. The van der Waals surface area contributed by atoms with E-state index in [1.165, 1.54) is 43.4 Å². The van der Waals surface area contributed by atoms with Crippen molar-refractivity contribution in [1.82, 2.24) is 10.2 Å². The number of benzene rings is 1. The lowest BCUT2D eigenvalue weighted by atomic mass is 9.83. The first-order valence-electron chi connectivity index (χ1n) is 8.53. The van der Waals surface area contributed by atoms with Crippen molar-refractivity contribution in [3.8, 4) is 0 Å². The zero-order chi connectivity index (χ0) is 14.5. The maximum absolute atomic E-state index is 5.64. The molecule has 3 nitrogen and oxygen atoms in total. The molecule has 116 valence electrons. The zero-order valence-electron chi connectivity index (χ0n) is 13.2. The Hall–Kier alpha value is -0.900. The Balaban J connectivity index is 1.81. The topological polar surface area (TPSA) is 24.5 Å². The van der Waals surface area contributed by atoms with Crippen LogP contribution in [0.5, 0.6) is 0 Å². The second-order valence-corrected chi connectivity index (χ2v) is 6.24. The molecule has 1 heterocycles. The van der Waals surface area contributed by atoms with Crippen molar-refractivity contribution >= 4 is 0 Å². The fourth-order valence-electron chi connectivity index (χ4n) is 3.78. The molecule has 3 rings (SSSR count). The van der Waals surface area contributed by atoms with E-state index < -0.39 is 0 Å². The van der Waals surface area contributed by atoms with Crippen molar-refractivity contribution in [3.05, 3.63) is 35.4 Å². The van der Waals surface area contributed by atoms with Gasteiger partial charge in [-0.2, -0.15) is 0 Å². The minimum atomic E-state index is 0.480. The van der Waals surface area contributed by atoms with Gasteiger partial charge in [0.1, 0.15) is 0 Å². The van der Waals surface area contributed by atoms with Gasteiger partial charge < -0.3 is 10.1 Å². The molecule has 1 aliphatic heterocycles. The summed E-state index contributed by atoms with van der Waals surface area (Å²) >= 11 is 0. The van der Waals surface area contributed by atoms with Crippen LogP contribution in [0.3, 0.4) is 0 Å². The summed E-state index contributed by atoms with van der Waals surface area (Å²) in [7, 11) is 0. The summed E-state index contributed by atoms with van der Waals surface area (Å²) < 4.78 is 5.64. The smallest absolute Gasteiger partial charge is 0.0593 e. The van der Waals surface area contributed by atoms with Crippen LogP contribution >= 0.6 is 0 Å². The first-order chi connectivity index (χ1) is 10.4. The van der Waals surface area contributed by atoms with Crippen molar-refractivity contribution in [2.45, 2.75) is 44.7 Å². The third-order valence-corrected chi connectivity index (χ3v) is 4.82. The molecule has 1 saturated heterocycles. The van der Waals surface area contributed by atoms with Crippen LogP contribution in [0.4, 0.5) is 0 Å². The van der Waals surface area contributed by atoms with E-state index in [0.717, 1.165) is 26.3 Å². The second kappa shape index (κ2) is 7.39. The number of ether oxygens (including phenoxy) is 1. The normalized spacial score (nSPS) is 27.1. The van der Waals surface area contributed by atoms with Gasteiger partial charge in [-0.05, 0) is 43.4 Å². The molecule has 2 unspecified atom stereocenters. The molecule has 1 fully saturated rings. The molecule has 0 radical (unpaired) electrons. The maximum atomic E-state index is 5.64. The van der Waals surface area contributed by atoms with Gasteiger partial charge in [-0.3, -0.25) is 4.90 Å². The molecule has 2 atom stereocenters. The Morgan fingerprint density at radius 2 is 2.14 bits per heavy atom. The first-order valence-corrected chi connectivity index (χ1v) is 8.53. The van der Waals surface area contributed by atoms with Crippen LogP contribution in [0.1, 0.15) is 43.4 Å². The maximum Gasteiger partial charge on any atom is 0.0593 e. The van der Waals surface area contributed by atoms with E-state index in [4.69, 9.17) is 4.74 Å². The summed E-state index contributed by atoms with van der Waals surface area (Å²) in [6.45, 7) is 7.41. The lowest BCUT2D eigenvalue weighted by molar-refractivity contribution is 0.114. The van der Waals surface area contributed by atoms with Gasteiger partial charge in [0.25, 0.3) is 0 Å². The van der Waals surface area contributed by atoms with Gasteiger partial charge in [-0.15, -0.1) is 0 Å². The summed E-state index contributed by atoms with van der Waals surface area (Å²) in [5, 5.41) is 3.81. The predicted molar refractivity (Wildman–Crippen MR) is 86.6 cm³/mol. The molecule has 2 aliphatic rings. The molecule has 3 heteroatoms. The Bertz CT molecular complexity index is 441. The zero-order valence-corrected chi connectivity index (χ0v) is 13.2.